The summed E-state index contributed by atoms with van der Waals surface area (Å²) in [7, 11) is 0. The van der Waals surface area contributed by atoms with Crippen LogP contribution >= 0.6 is 11.3 Å². The molecule has 1 rings (SSSR count). The molecule has 76 valence electrons. The van der Waals surface area contributed by atoms with Crippen LogP contribution in [-0.2, 0) is 16.0 Å². The number of amides is 1. The standard InChI is InChI=1S/C9H12N2O2S/c1-2-3-8(13)11-9-10-7(4-5-12)6-14-9/h5-6H,2-4H2,1H3,(H,10,11,13). The van der Waals surface area contributed by atoms with E-state index in [-0.39, 0.29) is 5.91 Å². The molecule has 0 fully saturated rings. The SMILES string of the molecule is CCCC(=O)Nc1nc(CC=O)cs1. The lowest BCUT2D eigenvalue weighted by atomic mass is 10.3. The molecular formula is C9H12N2O2S. The summed E-state index contributed by atoms with van der Waals surface area (Å²) < 4.78 is 0. The van der Waals surface area contributed by atoms with Gasteiger partial charge in [0, 0.05) is 18.2 Å². The Hall–Kier alpha value is -1.23. The first-order valence-electron chi connectivity index (χ1n) is 4.44. The zero-order chi connectivity index (χ0) is 10.4. The molecule has 0 aliphatic carbocycles. The van der Waals surface area contributed by atoms with Crippen molar-refractivity contribution in [1.29, 1.82) is 0 Å². The Morgan fingerprint density at radius 2 is 2.50 bits per heavy atom. The Bertz CT molecular complexity index is 322. The maximum atomic E-state index is 11.2. The van der Waals surface area contributed by atoms with Gasteiger partial charge >= 0.3 is 0 Å². The van der Waals surface area contributed by atoms with Gasteiger partial charge < -0.3 is 10.1 Å². The summed E-state index contributed by atoms with van der Waals surface area (Å²) in [6.45, 7) is 1.94. The Balaban J connectivity index is 2.50. The summed E-state index contributed by atoms with van der Waals surface area (Å²) in [6.07, 6.45) is 2.42. The molecule has 0 atom stereocenters. The molecule has 0 aliphatic rings. The van der Waals surface area contributed by atoms with Gasteiger partial charge in [-0.1, -0.05) is 6.92 Å². The van der Waals surface area contributed by atoms with Crippen molar-refractivity contribution in [3.8, 4) is 0 Å². The van der Waals surface area contributed by atoms with Crippen LogP contribution in [-0.4, -0.2) is 17.2 Å². The third kappa shape index (κ3) is 3.26. The van der Waals surface area contributed by atoms with Crippen molar-refractivity contribution in [2.45, 2.75) is 26.2 Å². The number of nitrogens with zero attached hydrogens (tertiary/aromatic N) is 1. The summed E-state index contributed by atoms with van der Waals surface area (Å²) in [5.74, 6) is -0.0282. The monoisotopic (exact) mass is 212 g/mol. The second-order valence-corrected chi connectivity index (χ2v) is 3.67. The number of aldehydes is 1. The van der Waals surface area contributed by atoms with Gasteiger partial charge in [0.2, 0.25) is 5.91 Å². The van der Waals surface area contributed by atoms with Gasteiger partial charge in [-0.2, -0.15) is 0 Å². The summed E-state index contributed by atoms with van der Waals surface area (Å²) in [4.78, 5) is 25.4. The summed E-state index contributed by atoms with van der Waals surface area (Å²) in [5, 5.41) is 5.02. The van der Waals surface area contributed by atoms with E-state index >= 15 is 0 Å². The average molecular weight is 212 g/mol. The van der Waals surface area contributed by atoms with E-state index in [2.05, 4.69) is 10.3 Å². The fourth-order valence-corrected chi connectivity index (χ4v) is 1.69. The van der Waals surface area contributed by atoms with Crippen molar-refractivity contribution in [2.75, 3.05) is 5.32 Å². The van der Waals surface area contributed by atoms with Crippen LogP contribution in [0.2, 0.25) is 0 Å². The number of rotatable bonds is 5. The molecule has 0 unspecified atom stereocenters. The van der Waals surface area contributed by atoms with Crippen LogP contribution < -0.4 is 5.32 Å². The highest BCUT2D eigenvalue weighted by molar-refractivity contribution is 7.13. The van der Waals surface area contributed by atoms with E-state index in [4.69, 9.17) is 0 Å². The fraction of sp³-hybridized carbons (Fsp3) is 0.444. The van der Waals surface area contributed by atoms with Gasteiger partial charge in [0.05, 0.1) is 5.69 Å². The molecule has 1 N–H and O–H groups in total. The first-order valence-corrected chi connectivity index (χ1v) is 5.32. The van der Waals surface area contributed by atoms with Crippen molar-refractivity contribution in [1.82, 2.24) is 4.98 Å². The second-order valence-electron chi connectivity index (χ2n) is 2.81. The number of thiazole rings is 1. The largest absolute Gasteiger partial charge is 0.303 e. The van der Waals surface area contributed by atoms with Crippen molar-refractivity contribution < 1.29 is 9.59 Å². The Kier molecular flexibility index (Phi) is 4.25. The maximum absolute atomic E-state index is 11.2. The van der Waals surface area contributed by atoms with Gasteiger partial charge in [0.15, 0.2) is 5.13 Å². The molecule has 0 aliphatic heterocycles. The van der Waals surface area contributed by atoms with E-state index in [1.54, 1.807) is 5.38 Å². The number of hydrogen-bond donors (Lipinski definition) is 1. The predicted molar refractivity (Wildman–Crippen MR) is 55.4 cm³/mol. The zero-order valence-corrected chi connectivity index (χ0v) is 8.76. The molecule has 1 aromatic heterocycles. The minimum Gasteiger partial charge on any atom is -0.303 e. The van der Waals surface area contributed by atoms with E-state index in [0.717, 1.165) is 12.7 Å². The number of carbonyl (C=O) groups excluding carboxylic acids is 2. The van der Waals surface area contributed by atoms with Gasteiger partial charge in [0.1, 0.15) is 6.29 Å². The van der Waals surface area contributed by atoms with Gasteiger partial charge in [-0.3, -0.25) is 4.79 Å². The van der Waals surface area contributed by atoms with Crippen molar-refractivity contribution in [3.63, 3.8) is 0 Å². The van der Waals surface area contributed by atoms with E-state index in [1.807, 2.05) is 6.92 Å². The average Bonchev–Trinajstić information content (AvgIpc) is 2.53. The van der Waals surface area contributed by atoms with E-state index < -0.39 is 0 Å². The number of carbonyl (C=O) groups is 2. The second kappa shape index (κ2) is 5.49. The van der Waals surface area contributed by atoms with Crippen molar-refractivity contribution >= 4 is 28.7 Å². The summed E-state index contributed by atoms with van der Waals surface area (Å²) >= 11 is 1.34. The smallest absolute Gasteiger partial charge is 0.226 e. The molecule has 1 heterocycles. The highest BCUT2D eigenvalue weighted by Crippen LogP contribution is 2.15. The minimum atomic E-state index is -0.0282. The van der Waals surface area contributed by atoms with Crippen LogP contribution in [0.5, 0.6) is 0 Å². The molecule has 0 aromatic carbocycles. The molecule has 4 nitrogen and oxygen atoms in total. The fourth-order valence-electron chi connectivity index (χ4n) is 0.952. The molecular weight excluding hydrogens is 200 g/mol. The van der Waals surface area contributed by atoms with Crippen molar-refractivity contribution in [3.05, 3.63) is 11.1 Å². The molecule has 0 radical (unpaired) electrons. The number of nitrogens with one attached hydrogen (secondary N) is 1. The van der Waals surface area contributed by atoms with E-state index in [9.17, 15) is 9.59 Å². The van der Waals surface area contributed by atoms with Crippen LogP contribution in [0.15, 0.2) is 5.38 Å². The predicted octanol–water partition coefficient (Wildman–Crippen LogP) is 1.62. The molecule has 0 saturated carbocycles. The molecule has 5 heteroatoms. The normalized spacial score (nSPS) is 9.79. The van der Waals surface area contributed by atoms with Crippen LogP contribution in [0.25, 0.3) is 0 Å². The lowest BCUT2D eigenvalue weighted by Crippen LogP contribution is -2.10. The quantitative estimate of drug-likeness (QED) is 0.754. The Labute approximate surface area is 86.4 Å². The van der Waals surface area contributed by atoms with Gasteiger partial charge in [-0.05, 0) is 6.42 Å². The number of anilines is 1. The summed E-state index contributed by atoms with van der Waals surface area (Å²) in [6, 6.07) is 0. The van der Waals surface area contributed by atoms with Crippen LogP contribution in [0.3, 0.4) is 0 Å². The van der Waals surface area contributed by atoms with E-state index in [0.29, 0.717) is 23.7 Å². The summed E-state index contributed by atoms with van der Waals surface area (Å²) in [5.41, 5.74) is 0.705. The molecule has 1 aromatic rings. The lowest BCUT2D eigenvalue weighted by Gasteiger charge is -1.97. The maximum Gasteiger partial charge on any atom is 0.226 e. The third-order valence-electron chi connectivity index (χ3n) is 1.57. The third-order valence-corrected chi connectivity index (χ3v) is 2.37. The lowest BCUT2D eigenvalue weighted by molar-refractivity contribution is -0.116. The molecule has 1 amide bonds. The van der Waals surface area contributed by atoms with Gasteiger partial charge in [-0.25, -0.2) is 4.98 Å². The minimum absolute atomic E-state index is 0.0282. The molecule has 0 bridgehead atoms. The van der Waals surface area contributed by atoms with E-state index in [1.165, 1.54) is 11.3 Å². The molecule has 0 spiro atoms. The molecule has 0 saturated heterocycles. The van der Waals surface area contributed by atoms with Gasteiger partial charge in [0.25, 0.3) is 0 Å². The first-order chi connectivity index (χ1) is 6.76. The highest BCUT2D eigenvalue weighted by Gasteiger charge is 2.04. The van der Waals surface area contributed by atoms with Gasteiger partial charge in [-0.15, -0.1) is 11.3 Å². The first kappa shape index (κ1) is 10.8. The number of aromatic nitrogens is 1. The van der Waals surface area contributed by atoms with Crippen LogP contribution in [0, 0.1) is 0 Å². The van der Waals surface area contributed by atoms with Crippen LogP contribution in [0.4, 0.5) is 5.13 Å². The Morgan fingerprint density at radius 3 is 3.14 bits per heavy atom. The molecule has 14 heavy (non-hydrogen) atoms. The van der Waals surface area contributed by atoms with Crippen LogP contribution in [0.1, 0.15) is 25.5 Å². The highest BCUT2D eigenvalue weighted by atomic mass is 32.1. The number of hydrogen-bond acceptors (Lipinski definition) is 4. The topological polar surface area (TPSA) is 59.1 Å². The zero-order valence-electron chi connectivity index (χ0n) is 7.95. The van der Waals surface area contributed by atoms with Crippen molar-refractivity contribution in [2.24, 2.45) is 0 Å². The Morgan fingerprint density at radius 1 is 1.71 bits per heavy atom.